The number of nitrogens with zero attached hydrogens (tertiary/aromatic N) is 2. The highest BCUT2D eigenvalue weighted by Crippen LogP contribution is 2.26. The van der Waals surface area contributed by atoms with E-state index in [1.807, 2.05) is 6.20 Å². The molecular formula is C13H15BrN4O2. The van der Waals surface area contributed by atoms with Gasteiger partial charge in [0.25, 0.3) is 0 Å². The van der Waals surface area contributed by atoms with Gasteiger partial charge < -0.3 is 15.8 Å². The van der Waals surface area contributed by atoms with Gasteiger partial charge in [-0.2, -0.15) is 5.10 Å². The maximum absolute atomic E-state index is 11.9. The topological polar surface area (TPSA) is 82.2 Å². The number of nitrogens with one attached hydrogen (secondary N) is 1. The maximum atomic E-state index is 11.9. The third-order valence-corrected chi connectivity index (χ3v) is 3.08. The Labute approximate surface area is 125 Å². The Morgan fingerprint density at radius 1 is 1.55 bits per heavy atom. The van der Waals surface area contributed by atoms with Crippen molar-refractivity contribution < 1.29 is 9.53 Å². The molecule has 1 aromatic heterocycles. The molecule has 0 spiro atoms. The van der Waals surface area contributed by atoms with Crippen molar-refractivity contribution in [3.05, 3.63) is 35.1 Å². The number of anilines is 2. The van der Waals surface area contributed by atoms with Crippen LogP contribution in [0.4, 0.5) is 11.4 Å². The van der Waals surface area contributed by atoms with Gasteiger partial charge in [0, 0.05) is 30.9 Å². The van der Waals surface area contributed by atoms with E-state index in [4.69, 9.17) is 10.5 Å². The number of nitrogen functional groups attached to an aromatic ring is 1. The van der Waals surface area contributed by atoms with Gasteiger partial charge in [-0.1, -0.05) is 0 Å². The molecule has 0 saturated heterocycles. The first-order valence-electron chi connectivity index (χ1n) is 6.00. The van der Waals surface area contributed by atoms with Gasteiger partial charge in [0.2, 0.25) is 5.91 Å². The summed E-state index contributed by atoms with van der Waals surface area (Å²) in [5.41, 5.74) is 6.85. The molecule has 6 nitrogen and oxygen atoms in total. The number of benzene rings is 1. The Morgan fingerprint density at radius 2 is 2.35 bits per heavy atom. The molecule has 1 aromatic carbocycles. The lowest BCUT2D eigenvalue weighted by Crippen LogP contribution is -2.15. The molecule has 1 amide bonds. The van der Waals surface area contributed by atoms with Crippen molar-refractivity contribution in [1.29, 1.82) is 0 Å². The van der Waals surface area contributed by atoms with Crippen LogP contribution in [0, 0.1) is 0 Å². The first-order chi connectivity index (χ1) is 9.58. The molecular weight excluding hydrogens is 324 g/mol. The molecule has 0 aliphatic carbocycles. The van der Waals surface area contributed by atoms with E-state index >= 15 is 0 Å². The summed E-state index contributed by atoms with van der Waals surface area (Å²) in [6.07, 6.45) is 3.82. The first-order valence-corrected chi connectivity index (χ1v) is 6.79. The zero-order valence-electron chi connectivity index (χ0n) is 11.0. The van der Waals surface area contributed by atoms with Crippen molar-refractivity contribution in [2.24, 2.45) is 0 Å². The van der Waals surface area contributed by atoms with Crippen LogP contribution in [0.5, 0.6) is 5.75 Å². The monoisotopic (exact) mass is 338 g/mol. The lowest BCUT2D eigenvalue weighted by Gasteiger charge is -2.10. The molecule has 0 saturated carbocycles. The number of carbonyl (C=O) groups is 1. The van der Waals surface area contributed by atoms with Gasteiger partial charge in [0.1, 0.15) is 5.75 Å². The van der Waals surface area contributed by atoms with Gasteiger partial charge >= 0.3 is 0 Å². The molecule has 0 bridgehead atoms. The van der Waals surface area contributed by atoms with Gasteiger partial charge in [0.05, 0.1) is 23.5 Å². The molecule has 20 heavy (non-hydrogen) atoms. The highest BCUT2D eigenvalue weighted by atomic mass is 79.9. The van der Waals surface area contributed by atoms with Crippen LogP contribution in [0.3, 0.4) is 0 Å². The van der Waals surface area contributed by atoms with Crippen LogP contribution < -0.4 is 15.8 Å². The molecule has 2 aromatic rings. The van der Waals surface area contributed by atoms with Crippen molar-refractivity contribution in [2.45, 2.75) is 13.0 Å². The highest BCUT2D eigenvalue weighted by molar-refractivity contribution is 9.10. The van der Waals surface area contributed by atoms with Crippen LogP contribution in [-0.2, 0) is 11.3 Å². The quantitative estimate of drug-likeness (QED) is 0.819. The Balaban J connectivity index is 1.94. The minimum atomic E-state index is -0.111. The predicted octanol–water partition coefficient (Wildman–Crippen LogP) is 2.27. The molecule has 2 rings (SSSR count). The Kier molecular flexibility index (Phi) is 4.62. The number of aryl methyl sites for hydroxylation is 1. The molecule has 106 valence electrons. The van der Waals surface area contributed by atoms with Crippen molar-refractivity contribution in [1.82, 2.24) is 9.78 Å². The lowest BCUT2D eigenvalue weighted by atomic mass is 10.2. The zero-order valence-corrected chi connectivity index (χ0v) is 12.6. The van der Waals surface area contributed by atoms with Crippen LogP contribution in [-0.4, -0.2) is 22.8 Å². The maximum Gasteiger partial charge on any atom is 0.226 e. The second-order valence-corrected chi connectivity index (χ2v) is 5.10. The molecule has 0 aliphatic rings. The Morgan fingerprint density at radius 3 is 3.00 bits per heavy atom. The number of aromatic nitrogens is 2. The third-order valence-electron chi connectivity index (χ3n) is 2.67. The average molecular weight is 339 g/mol. The lowest BCUT2D eigenvalue weighted by molar-refractivity contribution is -0.116. The van der Waals surface area contributed by atoms with E-state index in [0.717, 1.165) is 4.47 Å². The molecule has 0 radical (unpaired) electrons. The smallest absolute Gasteiger partial charge is 0.226 e. The van der Waals surface area contributed by atoms with Gasteiger partial charge in [0.15, 0.2) is 0 Å². The number of rotatable bonds is 5. The minimum Gasteiger partial charge on any atom is -0.494 e. The Hall–Kier alpha value is -2.02. The fourth-order valence-electron chi connectivity index (χ4n) is 1.70. The first kappa shape index (κ1) is 14.4. The van der Waals surface area contributed by atoms with Crippen LogP contribution >= 0.6 is 15.9 Å². The van der Waals surface area contributed by atoms with E-state index in [-0.39, 0.29) is 5.91 Å². The second-order valence-electron chi connectivity index (χ2n) is 4.18. The highest BCUT2D eigenvalue weighted by Gasteiger charge is 2.08. The molecule has 0 atom stereocenters. The number of ether oxygens (including phenoxy) is 1. The molecule has 0 aliphatic heterocycles. The van der Waals surface area contributed by atoms with Gasteiger partial charge in [-0.05, 0) is 28.1 Å². The predicted molar refractivity (Wildman–Crippen MR) is 80.6 cm³/mol. The Bertz CT molecular complexity index is 612. The zero-order chi connectivity index (χ0) is 14.5. The summed E-state index contributed by atoms with van der Waals surface area (Å²) in [6, 6.07) is 5.10. The summed E-state index contributed by atoms with van der Waals surface area (Å²) in [5.74, 6) is 0.430. The van der Waals surface area contributed by atoms with Crippen LogP contribution in [0.25, 0.3) is 0 Å². The SMILES string of the molecule is COc1cc(N)ccc1NC(=O)CCn1cc(Br)cn1. The van der Waals surface area contributed by atoms with Crippen LogP contribution in [0.1, 0.15) is 6.42 Å². The summed E-state index contributed by atoms with van der Waals surface area (Å²) < 4.78 is 7.76. The van der Waals surface area contributed by atoms with E-state index in [1.165, 1.54) is 7.11 Å². The number of methoxy groups -OCH3 is 1. The number of hydrogen-bond acceptors (Lipinski definition) is 4. The van der Waals surface area contributed by atoms with Crippen molar-refractivity contribution in [3.63, 3.8) is 0 Å². The normalized spacial score (nSPS) is 10.3. The second kappa shape index (κ2) is 6.42. The molecule has 0 unspecified atom stereocenters. The van der Waals surface area contributed by atoms with Gasteiger partial charge in [-0.15, -0.1) is 0 Å². The molecule has 0 fully saturated rings. The summed E-state index contributed by atoms with van der Waals surface area (Å²) in [7, 11) is 1.53. The summed E-state index contributed by atoms with van der Waals surface area (Å²) in [4.78, 5) is 11.9. The molecule has 3 N–H and O–H groups in total. The van der Waals surface area contributed by atoms with Crippen LogP contribution in [0.2, 0.25) is 0 Å². The minimum absolute atomic E-state index is 0.111. The third kappa shape index (κ3) is 3.74. The number of amides is 1. The van der Waals surface area contributed by atoms with E-state index in [1.54, 1.807) is 29.1 Å². The van der Waals surface area contributed by atoms with Gasteiger partial charge in [-0.25, -0.2) is 0 Å². The number of halogens is 1. The largest absolute Gasteiger partial charge is 0.494 e. The summed E-state index contributed by atoms with van der Waals surface area (Å²) in [5, 5.41) is 6.88. The van der Waals surface area contributed by atoms with Crippen molar-refractivity contribution >= 4 is 33.2 Å². The standard InChI is InChI=1S/C13H15BrN4O2/c1-20-12-6-10(15)2-3-11(12)17-13(19)4-5-18-8-9(14)7-16-18/h2-3,6-8H,4-5,15H2,1H3,(H,17,19). The van der Waals surface area contributed by atoms with E-state index in [0.29, 0.717) is 30.1 Å². The number of hydrogen-bond donors (Lipinski definition) is 2. The van der Waals surface area contributed by atoms with Crippen LogP contribution in [0.15, 0.2) is 35.1 Å². The van der Waals surface area contributed by atoms with E-state index < -0.39 is 0 Å². The van der Waals surface area contributed by atoms with Crippen molar-refractivity contribution in [3.8, 4) is 5.75 Å². The van der Waals surface area contributed by atoms with E-state index in [2.05, 4.69) is 26.3 Å². The molecule has 7 heteroatoms. The van der Waals surface area contributed by atoms with Gasteiger partial charge in [-0.3, -0.25) is 9.48 Å². The summed E-state index contributed by atoms with van der Waals surface area (Å²) in [6.45, 7) is 0.509. The fraction of sp³-hybridized carbons (Fsp3) is 0.231. The number of carbonyl (C=O) groups excluding carboxylic acids is 1. The summed E-state index contributed by atoms with van der Waals surface area (Å²) >= 11 is 3.31. The van der Waals surface area contributed by atoms with E-state index in [9.17, 15) is 4.79 Å². The van der Waals surface area contributed by atoms with Crippen molar-refractivity contribution in [2.75, 3.05) is 18.2 Å². The molecule has 1 heterocycles. The average Bonchev–Trinajstić information content (AvgIpc) is 2.84. The fourth-order valence-corrected chi connectivity index (χ4v) is 2.03. The number of nitrogens with two attached hydrogens (primary N) is 1.